The number of anilines is 1. The van der Waals surface area contributed by atoms with E-state index in [9.17, 15) is 4.79 Å². The number of nitrogens with zero attached hydrogens (tertiary/aromatic N) is 4. The van der Waals surface area contributed by atoms with Gasteiger partial charge >= 0.3 is 0 Å². The van der Waals surface area contributed by atoms with Crippen LogP contribution in [0, 0.1) is 20.8 Å². The van der Waals surface area contributed by atoms with Gasteiger partial charge in [0.25, 0.3) is 0 Å². The molecule has 3 rings (SSSR count). The summed E-state index contributed by atoms with van der Waals surface area (Å²) in [6, 6.07) is 14.4. The maximum absolute atomic E-state index is 12.4. The van der Waals surface area contributed by atoms with Crippen molar-refractivity contribution in [3.05, 3.63) is 65.0 Å². The van der Waals surface area contributed by atoms with Gasteiger partial charge in [0.15, 0.2) is 5.16 Å². The van der Waals surface area contributed by atoms with Crippen LogP contribution in [0.4, 0.5) is 5.69 Å². The zero-order valence-electron chi connectivity index (χ0n) is 17.6. The Hall–Kier alpha value is -2.80. The molecule has 0 saturated carbocycles. The second-order valence-electron chi connectivity index (χ2n) is 7.28. The van der Waals surface area contributed by atoms with Crippen LogP contribution in [-0.2, 0) is 11.3 Å². The van der Waals surface area contributed by atoms with E-state index >= 15 is 0 Å². The van der Waals surface area contributed by atoms with Gasteiger partial charge in [-0.2, -0.15) is 0 Å². The fourth-order valence-electron chi connectivity index (χ4n) is 3.00. The average molecular weight is 410 g/mol. The van der Waals surface area contributed by atoms with E-state index < -0.39 is 0 Å². The predicted octanol–water partition coefficient (Wildman–Crippen LogP) is 3.67. The van der Waals surface area contributed by atoms with Gasteiger partial charge in [0.2, 0.25) is 5.91 Å². The topological polar surface area (TPSA) is 63.1 Å². The Bertz CT molecular complexity index is 1010. The third-order valence-electron chi connectivity index (χ3n) is 4.65. The fourth-order valence-corrected chi connectivity index (χ4v) is 3.82. The summed E-state index contributed by atoms with van der Waals surface area (Å²) in [5.41, 5.74) is 5.56. The van der Waals surface area contributed by atoms with E-state index in [-0.39, 0.29) is 11.7 Å². The van der Waals surface area contributed by atoms with E-state index in [0.29, 0.717) is 6.54 Å². The van der Waals surface area contributed by atoms with E-state index in [0.717, 1.165) is 33.5 Å². The number of hydrogen-bond donors (Lipinski definition) is 1. The monoisotopic (exact) mass is 409 g/mol. The van der Waals surface area contributed by atoms with Crippen LogP contribution in [0.3, 0.4) is 0 Å². The highest BCUT2D eigenvalue weighted by Crippen LogP contribution is 2.24. The molecule has 1 heterocycles. The fraction of sp³-hybridized carbons (Fsp3) is 0.318. The largest absolute Gasteiger partial charge is 0.378 e. The zero-order chi connectivity index (χ0) is 21.0. The lowest BCUT2D eigenvalue weighted by Gasteiger charge is -2.14. The minimum atomic E-state index is -0.0292. The van der Waals surface area contributed by atoms with Crippen molar-refractivity contribution < 1.29 is 4.79 Å². The molecule has 0 aliphatic heterocycles. The summed E-state index contributed by atoms with van der Waals surface area (Å²) in [7, 11) is 4.00. The Kier molecular flexibility index (Phi) is 6.59. The highest BCUT2D eigenvalue weighted by Gasteiger charge is 2.15. The minimum absolute atomic E-state index is 0.0292. The lowest BCUT2D eigenvalue weighted by atomic mass is 10.1. The Balaban J connectivity index is 1.64. The molecule has 1 aromatic heterocycles. The predicted molar refractivity (Wildman–Crippen MR) is 119 cm³/mol. The van der Waals surface area contributed by atoms with E-state index in [1.54, 1.807) is 0 Å². The highest BCUT2D eigenvalue weighted by atomic mass is 32.2. The lowest BCUT2D eigenvalue weighted by Crippen LogP contribution is -2.25. The molecule has 152 valence electrons. The van der Waals surface area contributed by atoms with Crippen LogP contribution >= 0.6 is 11.8 Å². The first-order chi connectivity index (χ1) is 13.8. The molecule has 3 aromatic rings. The summed E-state index contributed by atoms with van der Waals surface area (Å²) < 4.78 is 2.01. The molecule has 0 bridgehead atoms. The second kappa shape index (κ2) is 9.13. The number of aryl methyl sites for hydroxylation is 3. The molecule has 6 nitrogen and oxygen atoms in total. The van der Waals surface area contributed by atoms with Gasteiger partial charge in [-0.25, -0.2) is 0 Å². The number of nitrogens with one attached hydrogen (secondary N) is 1. The number of carbonyl (C=O) groups excluding carboxylic acids is 1. The third kappa shape index (κ3) is 5.17. The highest BCUT2D eigenvalue weighted by molar-refractivity contribution is 7.99. The Morgan fingerprint density at radius 3 is 2.66 bits per heavy atom. The van der Waals surface area contributed by atoms with E-state index in [1.807, 2.05) is 48.7 Å². The molecular formula is C22H27N5OS. The first-order valence-corrected chi connectivity index (χ1v) is 10.5. The summed E-state index contributed by atoms with van der Waals surface area (Å²) in [6.45, 7) is 6.56. The number of hydrogen-bond acceptors (Lipinski definition) is 5. The van der Waals surface area contributed by atoms with Crippen LogP contribution in [0.1, 0.15) is 22.5 Å². The molecule has 0 atom stereocenters. The number of thioether (sulfide) groups is 1. The van der Waals surface area contributed by atoms with E-state index in [2.05, 4.69) is 53.6 Å². The first-order valence-electron chi connectivity index (χ1n) is 9.50. The molecule has 0 aliphatic rings. The molecule has 2 aromatic carbocycles. The van der Waals surface area contributed by atoms with E-state index in [4.69, 9.17) is 0 Å². The van der Waals surface area contributed by atoms with Crippen molar-refractivity contribution in [2.45, 2.75) is 32.5 Å². The van der Waals surface area contributed by atoms with Gasteiger partial charge in [-0.1, -0.05) is 36.0 Å². The standard InChI is InChI=1S/C22H27N5OS/c1-15-9-10-16(2)20(11-15)27-17(3)24-25-22(27)29-14-21(28)23-13-18-7-6-8-19(12-18)26(4)5/h6-12H,13-14H2,1-5H3,(H,23,28). The van der Waals surface area contributed by atoms with Crippen molar-refractivity contribution in [2.24, 2.45) is 0 Å². The van der Waals surface area contributed by atoms with Crippen molar-refractivity contribution in [3.63, 3.8) is 0 Å². The van der Waals surface area contributed by atoms with Crippen molar-refractivity contribution >= 4 is 23.4 Å². The van der Waals surface area contributed by atoms with Gasteiger partial charge in [0.1, 0.15) is 5.82 Å². The van der Waals surface area contributed by atoms with Gasteiger partial charge in [0, 0.05) is 26.3 Å². The molecule has 7 heteroatoms. The molecule has 0 spiro atoms. The van der Waals surface area contributed by atoms with Gasteiger partial charge in [-0.15, -0.1) is 10.2 Å². The number of aromatic nitrogens is 3. The molecule has 0 fully saturated rings. The Morgan fingerprint density at radius 2 is 1.90 bits per heavy atom. The number of carbonyl (C=O) groups is 1. The smallest absolute Gasteiger partial charge is 0.230 e. The Morgan fingerprint density at radius 1 is 1.10 bits per heavy atom. The summed E-state index contributed by atoms with van der Waals surface area (Å²) in [5, 5.41) is 12.2. The molecular weight excluding hydrogens is 382 g/mol. The SMILES string of the molecule is Cc1ccc(C)c(-n2c(C)nnc2SCC(=O)NCc2cccc(N(C)C)c2)c1. The number of rotatable bonds is 7. The summed E-state index contributed by atoms with van der Waals surface area (Å²) in [6.07, 6.45) is 0. The van der Waals surface area contributed by atoms with Gasteiger partial charge < -0.3 is 10.2 Å². The van der Waals surface area contributed by atoms with Crippen molar-refractivity contribution in [2.75, 3.05) is 24.7 Å². The normalized spacial score (nSPS) is 10.8. The maximum Gasteiger partial charge on any atom is 0.230 e. The number of amides is 1. The molecule has 0 unspecified atom stereocenters. The van der Waals surface area contributed by atoms with Gasteiger partial charge in [-0.3, -0.25) is 9.36 Å². The van der Waals surface area contributed by atoms with Crippen LogP contribution in [-0.4, -0.2) is 40.5 Å². The summed E-state index contributed by atoms with van der Waals surface area (Å²) >= 11 is 1.40. The van der Waals surface area contributed by atoms with Gasteiger partial charge in [0.05, 0.1) is 11.4 Å². The quantitative estimate of drug-likeness (QED) is 0.603. The Labute approximate surface area is 176 Å². The van der Waals surface area contributed by atoms with Crippen LogP contribution in [0.5, 0.6) is 0 Å². The van der Waals surface area contributed by atoms with Crippen molar-refractivity contribution in [3.8, 4) is 5.69 Å². The maximum atomic E-state index is 12.4. The molecule has 0 radical (unpaired) electrons. The molecule has 1 N–H and O–H groups in total. The number of benzene rings is 2. The van der Waals surface area contributed by atoms with Crippen LogP contribution in [0.25, 0.3) is 5.69 Å². The van der Waals surface area contributed by atoms with Crippen LogP contribution in [0.2, 0.25) is 0 Å². The molecule has 0 saturated heterocycles. The molecule has 0 aliphatic carbocycles. The van der Waals surface area contributed by atoms with Crippen molar-refractivity contribution in [1.29, 1.82) is 0 Å². The lowest BCUT2D eigenvalue weighted by molar-refractivity contribution is -0.118. The van der Waals surface area contributed by atoms with E-state index in [1.165, 1.54) is 17.3 Å². The molecule has 29 heavy (non-hydrogen) atoms. The first kappa shape index (κ1) is 20.9. The van der Waals surface area contributed by atoms with Crippen LogP contribution < -0.4 is 10.2 Å². The summed E-state index contributed by atoms with van der Waals surface area (Å²) in [5.74, 6) is 1.07. The zero-order valence-corrected chi connectivity index (χ0v) is 18.4. The second-order valence-corrected chi connectivity index (χ2v) is 8.23. The average Bonchev–Trinajstić information content (AvgIpc) is 3.07. The van der Waals surface area contributed by atoms with Crippen molar-refractivity contribution in [1.82, 2.24) is 20.1 Å². The van der Waals surface area contributed by atoms with Gasteiger partial charge in [-0.05, 0) is 55.7 Å². The third-order valence-corrected chi connectivity index (χ3v) is 5.58. The van der Waals surface area contributed by atoms with Crippen LogP contribution in [0.15, 0.2) is 47.6 Å². The summed E-state index contributed by atoms with van der Waals surface area (Å²) in [4.78, 5) is 14.4. The molecule has 1 amide bonds. The minimum Gasteiger partial charge on any atom is -0.378 e.